The van der Waals surface area contributed by atoms with E-state index in [0.717, 1.165) is 25.7 Å². The van der Waals surface area contributed by atoms with Gasteiger partial charge in [-0.2, -0.15) is 0 Å². The number of nitrogens with one attached hydrogen (secondary N) is 1. The SMILES string of the molecule is CC(NC(=O)C1CCCCC1)c1nc(C(=O)O)cs1. The van der Waals surface area contributed by atoms with Crippen LogP contribution in [0.4, 0.5) is 0 Å². The summed E-state index contributed by atoms with van der Waals surface area (Å²) in [5.41, 5.74) is 0.0405. The number of nitrogens with zero attached hydrogens (tertiary/aromatic N) is 1. The number of carbonyl (C=O) groups excluding carboxylic acids is 1. The molecule has 104 valence electrons. The van der Waals surface area contributed by atoms with E-state index in [9.17, 15) is 9.59 Å². The lowest BCUT2D eigenvalue weighted by molar-refractivity contribution is -0.126. The summed E-state index contributed by atoms with van der Waals surface area (Å²) in [4.78, 5) is 26.8. The number of carboxylic acid groups (broad SMARTS) is 1. The van der Waals surface area contributed by atoms with E-state index in [1.165, 1.54) is 23.1 Å². The molecule has 1 unspecified atom stereocenters. The predicted octanol–water partition coefficient (Wildman–Crippen LogP) is 2.60. The largest absolute Gasteiger partial charge is 0.476 e. The number of rotatable bonds is 4. The van der Waals surface area contributed by atoms with Crippen molar-refractivity contribution in [2.75, 3.05) is 0 Å². The molecule has 1 fully saturated rings. The van der Waals surface area contributed by atoms with Gasteiger partial charge in [0.2, 0.25) is 5.91 Å². The minimum absolute atomic E-state index is 0.0405. The van der Waals surface area contributed by atoms with Crippen LogP contribution in [0.2, 0.25) is 0 Å². The van der Waals surface area contributed by atoms with Gasteiger partial charge in [0, 0.05) is 11.3 Å². The lowest BCUT2D eigenvalue weighted by Crippen LogP contribution is -2.33. The Hall–Kier alpha value is -1.43. The van der Waals surface area contributed by atoms with Crippen molar-refractivity contribution in [3.63, 3.8) is 0 Å². The molecule has 1 atom stereocenters. The maximum Gasteiger partial charge on any atom is 0.355 e. The monoisotopic (exact) mass is 282 g/mol. The van der Waals surface area contributed by atoms with Gasteiger partial charge in [0.15, 0.2) is 5.69 Å². The smallest absolute Gasteiger partial charge is 0.355 e. The molecule has 0 spiro atoms. The predicted molar refractivity (Wildman–Crippen MR) is 72.2 cm³/mol. The minimum atomic E-state index is -1.03. The number of hydrogen-bond donors (Lipinski definition) is 2. The molecule has 2 rings (SSSR count). The van der Waals surface area contributed by atoms with Gasteiger partial charge in [-0.3, -0.25) is 4.79 Å². The number of aromatic nitrogens is 1. The van der Waals surface area contributed by atoms with Gasteiger partial charge in [0.05, 0.1) is 6.04 Å². The third kappa shape index (κ3) is 3.53. The van der Waals surface area contributed by atoms with Gasteiger partial charge in [-0.05, 0) is 19.8 Å². The molecule has 0 aromatic carbocycles. The number of hydrogen-bond acceptors (Lipinski definition) is 4. The molecule has 2 N–H and O–H groups in total. The van der Waals surface area contributed by atoms with E-state index in [2.05, 4.69) is 10.3 Å². The third-order valence-electron chi connectivity index (χ3n) is 3.45. The summed E-state index contributed by atoms with van der Waals surface area (Å²) < 4.78 is 0. The summed E-state index contributed by atoms with van der Waals surface area (Å²) >= 11 is 1.27. The molecule has 1 saturated carbocycles. The third-order valence-corrected chi connectivity index (χ3v) is 4.47. The maximum absolute atomic E-state index is 12.1. The Bertz CT molecular complexity index is 466. The number of amides is 1. The Balaban J connectivity index is 1.93. The van der Waals surface area contributed by atoms with Crippen LogP contribution in [0.1, 0.15) is 60.6 Å². The Kier molecular flexibility index (Phi) is 4.52. The zero-order valence-electron chi connectivity index (χ0n) is 10.9. The van der Waals surface area contributed by atoms with E-state index in [0.29, 0.717) is 5.01 Å². The average Bonchev–Trinajstić information content (AvgIpc) is 2.89. The van der Waals surface area contributed by atoms with Crippen molar-refractivity contribution in [1.29, 1.82) is 0 Å². The van der Waals surface area contributed by atoms with E-state index in [1.54, 1.807) is 0 Å². The summed E-state index contributed by atoms with van der Waals surface area (Å²) in [6.45, 7) is 1.84. The first-order chi connectivity index (χ1) is 9.08. The fraction of sp³-hybridized carbons (Fsp3) is 0.615. The van der Waals surface area contributed by atoms with E-state index >= 15 is 0 Å². The van der Waals surface area contributed by atoms with Crippen LogP contribution >= 0.6 is 11.3 Å². The van der Waals surface area contributed by atoms with Gasteiger partial charge < -0.3 is 10.4 Å². The quantitative estimate of drug-likeness (QED) is 0.889. The molecule has 1 heterocycles. The average molecular weight is 282 g/mol. The first-order valence-electron chi connectivity index (χ1n) is 6.57. The highest BCUT2D eigenvalue weighted by atomic mass is 32.1. The second-order valence-corrected chi connectivity index (χ2v) is 5.83. The number of carbonyl (C=O) groups is 2. The molecule has 1 aliphatic carbocycles. The van der Waals surface area contributed by atoms with Crippen LogP contribution in [-0.4, -0.2) is 22.0 Å². The molecular formula is C13H18N2O3S. The summed E-state index contributed by atoms with van der Waals surface area (Å²) in [5, 5.41) is 13.9. The van der Waals surface area contributed by atoms with Gasteiger partial charge in [0.1, 0.15) is 5.01 Å². The van der Waals surface area contributed by atoms with Crippen LogP contribution in [0, 0.1) is 5.92 Å². The molecule has 19 heavy (non-hydrogen) atoms. The van der Waals surface area contributed by atoms with Gasteiger partial charge in [0.25, 0.3) is 0 Å². The van der Waals surface area contributed by atoms with Gasteiger partial charge in [-0.1, -0.05) is 19.3 Å². The molecule has 1 aromatic heterocycles. The zero-order valence-corrected chi connectivity index (χ0v) is 11.7. The fourth-order valence-electron chi connectivity index (χ4n) is 2.34. The van der Waals surface area contributed by atoms with Crippen LogP contribution in [0.5, 0.6) is 0 Å². The second-order valence-electron chi connectivity index (χ2n) is 4.94. The molecule has 0 radical (unpaired) electrons. The van der Waals surface area contributed by atoms with E-state index in [-0.39, 0.29) is 23.6 Å². The van der Waals surface area contributed by atoms with Crippen molar-refractivity contribution in [1.82, 2.24) is 10.3 Å². The van der Waals surface area contributed by atoms with Gasteiger partial charge in [-0.15, -0.1) is 11.3 Å². The maximum atomic E-state index is 12.1. The van der Waals surface area contributed by atoms with Crippen molar-refractivity contribution in [3.8, 4) is 0 Å². The summed E-state index contributed by atoms with van der Waals surface area (Å²) in [6.07, 6.45) is 5.36. The number of thiazole rings is 1. The molecule has 0 saturated heterocycles. The van der Waals surface area contributed by atoms with Gasteiger partial charge in [-0.25, -0.2) is 9.78 Å². The highest BCUT2D eigenvalue weighted by Gasteiger charge is 2.23. The van der Waals surface area contributed by atoms with Crippen LogP contribution in [-0.2, 0) is 4.79 Å². The molecule has 1 aromatic rings. The van der Waals surface area contributed by atoms with Crippen LogP contribution in [0.15, 0.2) is 5.38 Å². The topological polar surface area (TPSA) is 79.3 Å². The van der Waals surface area contributed by atoms with Crippen molar-refractivity contribution in [2.24, 2.45) is 5.92 Å². The lowest BCUT2D eigenvalue weighted by Gasteiger charge is -2.22. The Labute approximate surface area is 116 Å². The van der Waals surface area contributed by atoms with Crippen molar-refractivity contribution < 1.29 is 14.7 Å². The Morgan fingerprint density at radius 3 is 2.68 bits per heavy atom. The standard InChI is InChI=1S/C13H18N2O3S/c1-8(12-15-10(7-19-12)13(17)18)14-11(16)9-5-3-2-4-6-9/h7-9H,2-6H2,1H3,(H,14,16)(H,17,18). The van der Waals surface area contributed by atoms with E-state index in [4.69, 9.17) is 5.11 Å². The number of carboxylic acids is 1. The van der Waals surface area contributed by atoms with Crippen molar-refractivity contribution >= 4 is 23.2 Å². The first kappa shape index (κ1) is 14.0. The highest BCUT2D eigenvalue weighted by Crippen LogP contribution is 2.25. The molecule has 1 aliphatic rings. The fourth-order valence-corrected chi connectivity index (χ4v) is 3.14. The van der Waals surface area contributed by atoms with Crippen molar-refractivity contribution in [3.05, 3.63) is 16.1 Å². The van der Waals surface area contributed by atoms with Crippen LogP contribution < -0.4 is 5.32 Å². The molecule has 5 nitrogen and oxygen atoms in total. The Morgan fingerprint density at radius 2 is 2.11 bits per heavy atom. The Morgan fingerprint density at radius 1 is 1.42 bits per heavy atom. The lowest BCUT2D eigenvalue weighted by atomic mass is 9.88. The second kappa shape index (κ2) is 6.14. The first-order valence-corrected chi connectivity index (χ1v) is 7.45. The minimum Gasteiger partial charge on any atom is -0.476 e. The molecule has 6 heteroatoms. The molecule has 1 amide bonds. The van der Waals surface area contributed by atoms with Gasteiger partial charge >= 0.3 is 5.97 Å². The van der Waals surface area contributed by atoms with Crippen LogP contribution in [0.3, 0.4) is 0 Å². The molecule has 0 aliphatic heterocycles. The van der Waals surface area contributed by atoms with Crippen LogP contribution in [0.25, 0.3) is 0 Å². The molecular weight excluding hydrogens is 264 g/mol. The zero-order chi connectivity index (χ0) is 13.8. The normalized spacial score (nSPS) is 17.9. The van der Waals surface area contributed by atoms with E-state index in [1.807, 2.05) is 6.92 Å². The van der Waals surface area contributed by atoms with E-state index < -0.39 is 5.97 Å². The summed E-state index contributed by atoms with van der Waals surface area (Å²) in [7, 11) is 0. The summed E-state index contributed by atoms with van der Waals surface area (Å²) in [5.74, 6) is -0.859. The highest BCUT2D eigenvalue weighted by molar-refractivity contribution is 7.09. The summed E-state index contributed by atoms with van der Waals surface area (Å²) in [6, 6.07) is -0.229. The number of aromatic carboxylic acids is 1. The van der Waals surface area contributed by atoms with Crippen molar-refractivity contribution in [2.45, 2.75) is 45.1 Å². The molecule has 0 bridgehead atoms.